The van der Waals surface area contributed by atoms with Crippen LogP contribution in [0.1, 0.15) is 32.6 Å². The lowest BCUT2D eigenvalue weighted by atomic mass is 10.1. The van der Waals surface area contributed by atoms with Crippen molar-refractivity contribution < 1.29 is 21.8 Å². The first kappa shape index (κ1) is 22.6. The maximum atomic E-state index is 12.8. The highest BCUT2D eigenvalue weighted by Crippen LogP contribution is 2.27. The number of methoxy groups -OCH3 is 1. The number of rotatable bonds is 7. The molecule has 7 nitrogen and oxygen atoms in total. The molecule has 0 aliphatic heterocycles. The minimum atomic E-state index is -3.91. The second kappa shape index (κ2) is 9.21. The number of nitrogens with zero attached hydrogens (tertiary/aromatic N) is 1. The number of sulfonamides is 1. The Kier molecular flexibility index (Phi) is 7.44. The van der Waals surface area contributed by atoms with E-state index in [4.69, 9.17) is 20.8 Å². The fourth-order valence-corrected chi connectivity index (χ4v) is 4.45. The third-order valence-corrected chi connectivity index (χ3v) is 6.91. The van der Waals surface area contributed by atoms with Gasteiger partial charge in [-0.3, -0.25) is 0 Å². The topological polar surface area (TPSA) is 98.0 Å². The van der Waals surface area contributed by atoms with Crippen LogP contribution in [0.25, 0.3) is 0 Å². The molecule has 0 saturated heterocycles. The minimum absolute atomic E-state index is 0.0629. The van der Waals surface area contributed by atoms with Gasteiger partial charge in [0, 0.05) is 0 Å². The van der Waals surface area contributed by atoms with E-state index >= 15 is 0 Å². The van der Waals surface area contributed by atoms with E-state index in [2.05, 4.69) is 9.12 Å². The number of ether oxygens (including phenoxy) is 1. The SMILES string of the molecule is CO/C(=N\[S@](=O)C(C)(C)C)[C@H](Cl)[C@H](NS(=O)(=O)c1ccccc1)c1ccco1. The summed E-state index contributed by atoms with van der Waals surface area (Å²) in [5, 5.41) is -1.10. The zero-order valence-electron chi connectivity index (χ0n) is 16.0. The molecule has 0 spiro atoms. The van der Waals surface area contributed by atoms with Crippen molar-refractivity contribution in [3.63, 3.8) is 0 Å². The number of furan rings is 1. The van der Waals surface area contributed by atoms with Gasteiger partial charge in [0.05, 0.1) is 23.0 Å². The van der Waals surface area contributed by atoms with Gasteiger partial charge >= 0.3 is 0 Å². The standard InChI is InChI=1S/C18H23ClN2O5S2/c1-18(2,3)27(22)20-17(25-4)15(19)16(14-11-8-12-26-14)21-28(23,24)13-9-6-5-7-10-13/h5-12,15-16,21H,1-4H3/b20-17-/t15-,16-,27-/m1/s1. The summed E-state index contributed by atoms with van der Waals surface area (Å²) >= 11 is 6.51. The molecule has 1 N–H and O–H groups in total. The Morgan fingerprint density at radius 3 is 2.36 bits per heavy atom. The molecule has 0 bridgehead atoms. The van der Waals surface area contributed by atoms with Crippen LogP contribution in [-0.4, -0.2) is 35.8 Å². The summed E-state index contributed by atoms with van der Waals surface area (Å²) < 4.78 is 54.5. The zero-order chi connectivity index (χ0) is 20.9. The molecule has 0 aliphatic rings. The van der Waals surface area contributed by atoms with Crippen LogP contribution in [0.2, 0.25) is 0 Å². The van der Waals surface area contributed by atoms with Crippen LogP contribution in [0.4, 0.5) is 0 Å². The van der Waals surface area contributed by atoms with Gasteiger partial charge in [-0.15, -0.1) is 11.6 Å². The average molecular weight is 447 g/mol. The molecular weight excluding hydrogens is 424 g/mol. The van der Waals surface area contributed by atoms with Crippen LogP contribution in [-0.2, 0) is 25.7 Å². The fraction of sp³-hybridized carbons (Fsp3) is 0.389. The molecule has 1 aromatic heterocycles. The second-order valence-corrected chi connectivity index (χ2v) is 10.9. The van der Waals surface area contributed by atoms with E-state index in [1.54, 1.807) is 51.1 Å². The summed E-state index contributed by atoms with van der Waals surface area (Å²) in [5.74, 6) is 0.206. The predicted molar refractivity (Wildman–Crippen MR) is 110 cm³/mol. The van der Waals surface area contributed by atoms with Crippen LogP contribution in [0.5, 0.6) is 0 Å². The fourth-order valence-electron chi connectivity index (χ4n) is 2.13. The van der Waals surface area contributed by atoms with E-state index in [0.29, 0.717) is 0 Å². The largest absolute Gasteiger partial charge is 0.483 e. The maximum absolute atomic E-state index is 12.8. The summed E-state index contributed by atoms with van der Waals surface area (Å²) in [6, 6.07) is 10.0. The van der Waals surface area contributed by atoms with E-state index in [-0.39, 0.29) is 16.6 Å². The van der Waals surface area contributed by atoms with Gasteiger partial charge in [-0.25, -0.2) is 12.6 Å². The van der Waals surface area contributed by atoms with Crippen molar-refractivity contribution in [3.05, 3.63) is 54.5 Å². The van der Waals surface area contributed by atoms with Crippen molar-refractivity contribution in [2.45, 2.75) is 41.8 Å². The first-order chi connectivity index (χ1) is 13.1. The molecule has 2 rings (SSSR count). The van der Waals surface area contributed by atoms with Gasteiger partial charge in [0.15, 0.2) is 0 Å². The molecule has 28 heavy (non-hydrogen) atoms. The van der Waals surface area contributed by atoms with Crippen molar-refractivity contribution in [1.82, 2.24) is 4.72 Å². The summed E-state index contributed by atoms with van der Waals surface area (Å²) in [6.45, 7) is 5.27. The van der Waals surface area contributed by atoms with E-state index in [0.717, 1.165) is 0 Å². The van der Waals surface area contributed by atoms with Crippen LogP contribution in [0, 0.1) is 0 Å². The van der Waals surface area contributed by atoms with Crippen molar-refractivity contribution in [2.24, 2.45) is 4.40 Å². The number of hydrogen-bond acceptors (Lipinski definition) is 5. The highest BCUT2D eigenvalue weighted by molar-refractivity contribution is 7.89. The van der Waals surface area contributed by atoms with Crippen LogP contribution < -0.4 is 4.72 Å². The van der Waals surface area contributed by atoms with E-state index < -0.39 is 37.2 Å². The minimum Gasteiger partial charge on any atom is -0.483 e. The molecule has 0 saturated carbocycles. The molecule has 0 fully saturated rings. The van der Waals surface area contributed by atoms with Gasteiger partial charge in [-0.1, -0.05) is 18.2 Å². The molecule has 0 aliphatic carbocycles. The van der Waals surface area contributed by atoms with Gasteiger partial charge in [-0.05, 0) is 45.0 Å². The van der Waals surface area contributed by atoms with Crippen molar-refractivity contribution in [2.75, 3.05) is 7.11 Å². The highest BCUT2D eigenvalue weighted by atomic mass is 35.5. The number of halogens is 1. The normalized spacial score (nSPS) is 16.4. The lowest BCUT2D eigenvalue weighted by Crippen LogP contribution is -2.38. The zero-order valence-corrected chi connectivity index (χ0v) is 18.3. The number of hydrogen-bond donors (Lipinski definition) is 1. The van der Waals surface area contributed by atoms with Crippen molar-refractivity contribution in [3.8, 4) is 0 Å². The number of alkyl halides is 1. The lowest BCUT2D eigenvalue weighted by Gasteiger charge is -2.23. The van der Waals surface area contributed by atoms with Gasteiger partial charge < -0.3 is 9.15 Å². The number of benzene rings is 1. The van der Waals surface area contributed by atoms with Gasteiger partial charge in [0.2, 0.25) is 15.9 Å². The summed E-state index contributed by atoms with van der Waals surface area (Å²) in [4.78, 5) is 0.0737. The Bertz CT molecular complexity index is 923. The Labute approximate surface area is 172 Å². The molecule has 0 radical (unpaired) electrons. The van der Waals surface area contributed by atoms with E-state index in [1.165, 1.54) is 25.5 Å². The van der Waals surface area contributed by atoms with Crippen molar-refractivity contribution >= 4 is 38.5 Å². The molecule has 3 atom stereocenters. The van der Waals surface area contributed by atoms with Crippen molar-refractivity contribution in [1.29, 1.82) is 0 Å². The van der Waals surface area contributed by atoms with Crippen LogP contribution in [0.3, 0.4) is 0 Å². The van der Waals surface area contributed by atoms with Crippen LogP contribution in [0.15, 0.2) is 62.4 Å². The Balaban J connectivity index is 2.41. The molecule has 0 unspecified atom stereocenters. The molecule has 1 aromatic carbocycles. The quantitative estimate of drug-likeness (QED) is 0.399. The van der Waals surface area contributed by atoms with Gasteiger partial charge in [-0.2, -0.15) is 9.12 Å². The number of nitrogens with one attached hydrogen (secondary N) is 1. The molecule has 0 amide bonds. The predicted octanol–water partition coefficient (Wildman–Crippen LogP) is 3.41. The lowest BCUT2D eigenvalue weighted by molar-refractivity contribution is 0.374. The maximum Gasteiger partial charge on any atom is 0.241 e. The summed E-state index contributed by atoms with van der Waals surface area (Å²) in [7, 11) is -4.22. The van der Waals surface area contributed by atoms with Crippen LogP contribution >= 0.6 is 11.6 Å². The first-order valence-corrected chi connectivity index (χ1v) is 11.4. The molecular formula is C18H23ClN2O5S2. The monoisotopic (exact) mass is 446 g/mol. The van der Waals surface area contributed by atoms with Gasteiger partial charge in [0.25, 0.3) is 0 Å². The molecule has 10 heteroatoms. The Morgan fingerprint density at radius 1 is 1.21 bits per heavy atom. The highest BCUT2D eigenvalue weighted by Gasteiger charge is 2.34. The molecule has 1 heterocycles. The third-order valence-electron chi connectivity index (χ3n) is 3.62. The van der Waals surface area contributed by atoms with E-state index in [1.807, 2.05) is 0 Å². The summed E-state index contributed by atoms with van der Waals surface area (Å²) in [5.41, 5.74) is 0. The average Bonchev–Trinajstić information content (AvgIpc) is 3.18. The Morgan fingerprint density at radius 2 is 1.86 bits per heavy atom. The summed E-state index contributed by atoms with van der Waals surface area (Å²) in [6.07, 6.45) is 1.40. The first-order valence-electron chi connectivity index (χ1n) is 8.35. The molecule has 154 valence electrons. The van der Waals surface area contributed by atoms with E-state index in [9.17, 15) is 12.6 Å². The second-order valence-electron chi connectivity index (χ2n) is 6.82. The van der Waals surface area contributed by atoms with Gasteiger partial charge in [0.1, 0.15) is 28.2 Å². The molecule has 2 aromatic rings. The Hall–Kier alpha value is -1.68. The third kappa shape index (κ3) is 5.66. The smallest absolute Gasteiger partial charge is 0.241 e.